The quantitative estimate of drug-likeness (QED) is 0.923. The molecule has 1 N–H and O–H groups in total. The van der Waals surface area contributed by atoms with Gasteiger partial charge in [0.1, 0.15) is 11.5 Å². The highest BCUT2D eigenvalue weighted by molar-refractivity contribution is 9.10. The van der Waals surface area contributed by atoms with Gasteiger partial charge in [0.2, 0.25) is 0 Å². The highest BCUT2D eigenvalue weighted by atomic mass is 79.9. The van der Waals surface area contributed by atoms with Crippen LogP contribution >= 0.6 is 15.9 Å². The standard InChI is InChI=1S/C11H12BrN3O3S/c1-6-9(12)4-5-10(13-6)15-19(16,17)11-7(2)14-18-8(11)3/h4-5H,1-3H3,(H,13,15). The first kappa shape index (κ1) is 14.0. The van der Waals surface area contributed by atoms with Crippen LogP contribution < -0.4 is 4.72 Å². The number of pyridine rings is 1. The maximum Gasteiger partial charge on any atom is 0.268 e. The fourth-order valence-electron chi connectivity index (χ4n) is 1.65. The van der Waals surface area contributed by atoms with Crippen LogP contribution in [0.1, 0.15) is 17.1 Å². The Morgan fingerprint density at radius 1 is 1.21 bits per heavy atom. The van der Waals surface area contributed by atoms with Gasteiger partial charge in [-0.15, -0.1) is 0 Å². The monoisotopic (exact) mass is 345 g/mol. The van der Waals surface area contributed by atoms with Gasteiger partial charge in [0.25, 0.3) is 10.0 Å². The summed E-state index contributed by atoms with van der Waals surface area (Å²) in [4.78, 5) is 4.19. The molecule has 0 bridgehead atoms. The van der Waals surface area contributed by atoms with Gasteiger partial charge in [0.15, 0.2) is 10.7 Å². The van der Waals surface area contributed by atoms with E-state index in [1.807, 2.05) is 0 Å². The molecule has 0 radical (unpaired) electrons. The largest absolute Gasteiger partial charge is 0.360 e. The van der Waals surface area contributed by atoms with Crippen molar-refractivity contribution in [1.82, 2.24) is 10.1 Å². The average molecular weight is 346 g/mol. The van der Waals surface area contributed by atoms with E-state index in [9.17, 15) is 8.42 Å². The van der Waals surface area contributed by atoms with Crippen LogP contribution in [0.4, 0.5) is 5.82 Å². The number of nitrogens with zero attached hydrogens (tertiary/aromatic N) is 2. The maximum absolute atomic E-state index is 12.2. The third-order valence-electron chi connectivity index (χ3n) is 2.50. The Kier molecular flexibility index (Phi) is 3.64. The van der Waals surface area contributed by atoms with Crippen LogP contribution in [-0.4, -0.2) is 18.6 Å². The van der Waals surface area contributed by atoms with Gasteiger partial charge in [-0.3, -0.25) is 4.72 Å². The van der Waals surface area contributed by atoms with Crippen molar-refractivity contribution in [2.24, 2.45) is 0 Å². The predicted molar refractivity (Wildman–Crippen MR) is 73.5 cm³/mol. The number of aromatic nitrogens is 2. The number of sulfonamides is 1. The molecule has 0 fully saturated rings. The minimum absolute atomic E-state index is 0.0508. The number of rotatable bonds is 3. The van der Waals surface area contributed by atoms with E-state index in [4.69, 9.17) is 4.52 Å². The van der Waals surface area contributed by atoms with Crippen LogP contribution in [0.2, 0.25) is 0 Å². The van der Waals surface area contributed by atoms with E-state index in [-0.39, 0.29) is 16.5 Å². The molecule has 2 aromatic heterocycles. The Morgan fingerprint density at radius 2 is 1.89 bits per heavy atom. The Morgan fingerprint density at radius 3 is 2.42 bits per heavy atom. The normalized spacial score (nSPS) is 11.6. The lowest BCUT2D eigenvalue weighted by Gasteiger charge is -2.07. The topological polar surface area (TPSA) is 85.1 Å². The number of nitrogens with one attached hydrogen (secondary N) is 1. The molecule has 2 heterocycles. The zero-order chi connectivity index (χ0) is 14.2. The van der Waals surface area contributed by atoms with E-state index < -0.39 is 10.0 Å². The first-order chi connectivity index (χ1) is 8.81. The highest BCUT2D eigenvalue weighted by Gasteiger charge is 2.24. The second kappa shape index (κ2) is 4.93. The Labute approximate surface area is 119 Å². The van der Waals surface area contributed by atoms with Crippen LogP contribution in [0.3, 0.4) is 0 Å². The van der Waals surface area contributed by atoms with Gasteiger partial charge >= 0.3 is 0 Å². The van der Waals surface area contributed by atoms with Crippen molar-refractivity contribution in [3.8, 4) is 0 Å². The highest BCUT2D eigenvalue weighted by Crippen LogP contribution is 2.23. The summed E-state index contributed by atoms with van der Waals surface area (Å²) in [6, 6.07) is 3.31. The maximum atomic E-state index is 12.2. The van der Waals surface area contributed by atoms with Crippen molar-refractivity contribution < 1.29 is 12.9 Å². The molecule has 19 heavy (non-hydrogen) atoms. The lowest BCUT2D eigenvalue weighted by molar-refractivity contribution is 0.390. The minimum Gasteiger partial charge on any atom is -0.360 e. The molecule has 0 aromatic carbocycles. The van der Waals surface area contributed by atoms with Gasteiger partial charge in [-0.05, 0) is 48.8 Å². The zero-order valence-corrected chi connectivity index (χ0v) is 13.0. The molecule has 0 amide bonds. The second-order valence-electron chi connectivity index (χ2n) is 4.02. The van der Waals surface area contributed by atoms with Crippen LogP contribution in [0.25, 0.3) is 0 Å². The van der Waals surface area contributed by atoms with Crippen molar-refractivity contribution in [2.45, 2.75) is 25.7 Å². The summed E-state index contributed by atoms with van der Waals surface area (Å²) in [6.45, 7) is 4.90. The van der Waals surface area contributed by atoms with Crippen molar-refractivity contribution >= 4 is 31.8 Å². The van der Waals surface area contributed by atoms with Crippen molar-refractivity contribution in [1.29, 1.82) is 0 Å². The third kappa shape index (κ3) is 2.79. The minimum atomic E-state index is -3.75. The number of aryl methyl sites for hydroxylation is 3. The summed E-state index contributed by atoms with van der Waals surface area (Å²) < 4.78 is 32.6. The molecular weight excluding hydrogens is 334 g/mol. The number of hydrogen-bond donors (Lipinski definition) is 1. The Hall–Kier alpha value is -1.41. The third-order valence-corrected chi connectivity index (χ3v) is 4.93. The van der Waals surface area contributed by atoms with E-state index in [0.717, 1.165) is 4.47 Å². The molecular formula is C11H12BrN3O3S. The van der Waals surface area contributed by atoms with Crippen molar-refractivity contribution in [2.75, 3.05) is 4.72 Å². The molecule has 0 saturated heterocycles. The van der Waals surface area contributed by atoms with Crippen LogP contribution in [0.15, 0.2) is 26.0 Å². The fraction of sp³-hybridized carbons (Fsp3) is 0.273. The molecule has 2 aromatic rings. The first-order valence-electron chi connectivity index (χ1n) is 5.40. The molecule has 102 valence electrons. The molecule has 0 saturated carbocycles. The number of anilines is 1. The van der Waals surface area contributed by atoms with E-state index in [2.05, 4.69) is 30.8 Å². The lowest BCUT2D eigenvalue weighted by Crippen LogP contribution is -2.15. The number of hydrogen-bond acceptors (Lipinski definition) is 5. The van der Waals surface area contributed by atoms with E-state index in [1.165, 1.54) is 0 Å². The fourth-order valence-corrected chi connectivity index (χ4v) is 3.20. The van der Waals surface area contributed by atoms with Crippen LogP contribution in [0.5, 0.6) is 0 Å². The summed E-state index contributed by atoms with van der Waals surface area (Å²) in [5, 5.41) is 3.63. The summed E-state index contributed by atoms with van der Waals surface area (Å²) in [5.74, 6) is 0.500. The predicted octanol–water partition coefficient (Wildman–Crippen LogP) is 2.56. The summed E-state index contributed by atoms with van der Waals surface area (Å²) in [7, 11) is -3.75. The molecule has 6 nitrogen and oxygen atoms in total. The van der Waals surface area contributed by atoms with Gasteiger partial charge in [0.05, 0.1) is 5.69 Å². The lowest BCUT2D eigenvalue weighted by atomic mass is 10.4. The van der Waals surface area contributed by atoms with Gasteiger partial charge in [-0.25, -0.2) is 13.4 Å². The summed E-state index contributed by atoms with van der Waals surface area (Å²) in [6.07, 6.45) is 0. The molecule has 0 aliphatic carbocycles. The van der Waals surface area contributed by atoms with E-state index in [0.29, 0.717) is 11.4 Å². The van der Waals surface area contributed by atoms with E-state index >= 15 is 0 Å². The Balaban J connectivity index is 2.39. The average Bonchev–Trinajstić information content (AvgIpc) is 2.64. The van der Waals surface area contributed by atoms with Crippen LogP contribution in [0, 0.1) is 20.8 Å². The van der Waals surface area contributed by atoms with Crippen molar-refractivity contribution in [3.05, 3.63) is 33.8 Å². The second-order valence-corrected chi connectivity index (χ2v) is 6.50. The van der Waals surface area contributed by atoms with Gasteiger partial charge in [-0.2, -0.15) is 0 Å². The van der Waals surface area contributed by atoms with Gasteiger partial charge in [0, 0.05) is 4.47 Å². The van der Waals surface area contributed by atoms with Crippen molar-refractivity contribution in [3.63, 3.8) is 0 Å². The van der Waals surface area contributed by atoms with E-state index in [1.54, 1.807) is 32.9 Å². The van der Waals surface area contributed by atoms with Crippen LogP contribution in [-0.2, 0) is 10.0 Å². The molecule has 0 aliphatic rings. The Bertz CT molecular complexity index is 705. The molecule has 2 rings (SSSR count). The van der Waals surface area contributed by atoms with Gasteiger partial charge in [-0.1, -0.05) is 5.16 Å². The summed E-state index contributed by atoms with van der Waals surface area (Å²) in [5.41, 5.74) is 1.01. The first-order valence-corrected chi connectivity index (χ1v) is 7.67. The van der Waals surface area contributed by atoms with Gasteiger partial charge < -0.3 is 4.52 Å². The molecule has 0 spiro atoms. The summed E-state index contributed by atoms with van der Waals surface area (Å²) >= 11 is 3.31. The molecule has 0 aliphatic heterocycles. The zero-order valence-electron chi connectivity index (χ0n) is 10.6. The number of halogens is 1. The SMILES string of the molecule is Cc1nc(NS(=O)(=O)c2c(C)noc2C)ccc1Br. The molecule has 8 heteroatoms. The smallest absolute Gasteiger partial charge is 0.268 e. The molecule has 0 unspecified atom stereocenters. The molecule has 0 atom stereocenters.